The van der Waals surface area contributed by atoms with Crippen molar-refractivity contribution in [2.24, 2.45) is 4.99 Å². The van der Waals surface area contributed by atoms with Crippen molar-refractivity contribution in [1.82, 2.24) is 15.8 Å². The Morgan fingerprint density at radius 1 is 1.06 bits per heavy atom. The highest BCUT2D eigenvalue weighted by atomic mass is 19.1. The smallest absolute Gasteiger partial charge is 0.426 e. The SMILES string of the molecule is CC(C)(C)OC(=O)NNC(=NC1CCN(Cc2ccccc2)CC1)c1ccccc1F. The molecular weight excluding hydrogens is 395 g/mol. The lowest BCUT2D eigenvalue weighted by Gasteiger charge is -2.30. The molecule has 0 spiro atoms. The molecule has 1 amide bonds. The van der Waals surface area contributed by atoms with Crippen molar-refractivity contribution in [3.05, 3.63) is 71.5 Å². The molecule has 1 fully saturated rings. The van der Waals surface area contributed by atoms with Crippen molar-refractivity contribution in [2.45, 2.75) is 51.8 Å². The van der Waals surface area contributed by atoms with Gasteiger partial charge in [-0.15, -0.1) is 0 Å². The molecule has 2 aromatic rings. The molecule has 7 heteroatoms. The summed E-state index contributed by atoms with van der Waals surface area (Å²) in [6.45, 7) is 8.07. The van der Waals surface area contributed by atoms with Crippen LogP contribution in [-0.2, 0) is 11.3 Å². The summed E-state index contributed by atoms with van der Waals surface area (Å²) in [6, 6.07) is 16.8. The van der Waals surface area contributed by atoms with E-state index in [-0.39, 0.29) is 6.04 Å². The van der Waals surface area contributed by atoms with Crippen molar-refractivity contribution < 1.29 is 13.9 Å². The quantitative estimate of drug-likeness (QED) is 0.435. The number of halogens is 1. The molecule has 1 aliphatic heterocycles. The van der Waals surface area contributed by atoms with Crippen LogP contribution < -0.4 is 10.9 Å². The molecule has 2 aromatic carbocycles. The molecule has 2 N–H and O–H groups in total. The van der Waals surface area contributed by atoms with Crippen LogP contribution in [0, 0.1) is 5.82 Å². The van der Waals surface area contributed by atoms with Gasteiger partial charge in [-0.2, -0.15) is 0 Å². The summed E-state index contributed by atoms with van der Waals surface area (Å²) in [5.74, 6) is -0.105. The molecule has 1 aliphatic rings. The summed E-state index contributed by atoms with van der Waals surface area (Å²) in [5.41, 5.74) is 6.22. The van der Waals surface area contributed by atoms with Gasteiger partial charge in [-0.25, -0.2) is 14.6 Å². The zero-order valence-electron chi connectivity index (χ0n) is 18.4. The molecule has 0 aliphatic carbocycles. The molecule has 0 saturated carbocycles. The molecule has 6 nitrogen and oxygen atoms in total. The number of hydrogen-bond acceptors (Lipinski definition) is 4. The fourth-order valence-corrected chi connectivity index (χ4v) is 3.47. The molecule has 3 rings (SSSR count). The highest BCUT2D eigenvalue weighted by Crippen LogP contribution is 2.18. The van der Waals surface area contributed by atoms with E-state index in [0.717, 1.165) is 32.5 Å². The largest absolute Gasteiger partial charge is 0.443 e. The highest BCUT2D eigenvalue weighted by Gasteiger charge is 2.21. The Kier molecular flexibility index (Phi) is 7.63. The summed E-state index contributed by atoms with van der Waals surface area (Å²) in [6.07, 6.45) is 1.08. The third-order valence-electron chi connectivity index (χ3n) is 4.93. The van der Waals surface area contributed by atoms with E-state index >= 15 is 0 Å². The lowest BCUT2D eigenvalue weighted by atomic mass is 10.0. The van der Waals surface area contributed by atoms with Crippen LogP contribution in [0.2, 0.25) is 0 Å². The van der Waals surface area contributed by atoms with Crippen LogP contribution in [-0.4, -0.2) is 41.6 Å². The van der Waals surface area contributed by atoms with Gasteiger partial charge in [-0.3, -0.25) is 15.3 Å². The minimum atomic E-state index is -0.644. The summed E-state index contributed by atoms with van der Waals surface area (Å²) in [7, 11) is 0. The number of amidine groups is 1. The molecule has 1 saturated heterocycles. The van der Waals surface area contributed by atoms with Crippen LogP contribution >= 0.6 is 0 Å². The Balaban J connectivity index is 1.65. The first-order valence-electron chi connectivity index (χ1n) is 10.6. The van der Waals surface area contributed by atoms with E-state index in [0.29, 0.717) is 11.4 Å². The fourth-order valence-electron chi connectivity index (χ4n) is 3.47. The van der Waals surface area contributed by atoms with Crippen molar-refractivity contribution in [3.63, 3.8) is 0 Å². The average molecular weight is 427 g/mol. The maximum atomic E-state index is 14.4. The molecule has 0 aromatic heterocycles. The normalized spacial score (nSPS) is 16.1. The monoisotopic (exact) mass is 426 g/mol. The Bertz CT molecular complexity index is 888. The topological polar surface area (TPSA) is 66.0 Å². The van der Waals surface area contributed by atoms with Gasteiger partial charge in [-0.05, 0) is 51.3 Å². The number of carbonyl (C=O) groups excluding carboxylic acids is 1. The van der Waals surface area contributed by atoms with Crippen LogP contribution in [0.25, 0.3) is 0 Å². The molecule has 166 valence electrons. The Morgan fingerprint density at radius 3 is 2.35 bits per heavy atom. The number of benzene rings is 2. The second-order valence-electron chi connectivity index (χ2n) is 8.70. The lowest BCUT2D eigenvalue weighted by Crippen LogP contribution is -2.45. The molecule has 0 bridgehead atoms. The van der Waals surface area contributed by atoms with Crippen LogP contribution in [0.15, 0.2) is 59.6 Å². The van der Waals surface area contributed by atoms with Crippen molar-refractivity contribution >= 4 is 11.9 Å². The van der Waals surface area contributed by atoms with Gasteiger partial charge in [-0.1, -0.05) is 42.5 Å². The van der Waals surface area contributed by atoms with E-state index in [1.54, 1.807) is 39.0 Å². The van der Waals surface area contributed by atoms with Gasteiger partial charge < -0.3 is 4.74 Å². The second kappa shape index (κ2) is 10.4. The molecule has 0 atom stereocenters. The first kappa shape index (κ1) is 22.7. The Hall–Kier alpha value is -2.93. The van der Waals surface area contributed by atoms with Gasteiger partial charge in [0.25, 0.3) is 0 Å². The first-order valence-corrected chi connectivity index (χ1v) is 10.6. The zero-order valence-corrected chi connectivity index (χ0v) is 18.4. The predicted octanol–water partition coefficient (Wildman–Crippen LogP) is 4.27. The van der Waals surface area contributed by atoms with Crippen LogP contribution in [0.3, 0.4) is 0 Å². The number of carbonyl (C=O) groups is 1. The summed E-state index contributed by atoms with van der Waals surface area (Å²) >= 11 is 0. The highest BCUT2D eigenvalue weighted by molar-refractivity contribution is 5.99. The number of hydrazine groups is 1. The molecule has 31 heavy (non-hydrogen) atoms. The second-order valence-corrected chi connectivity index (χ2v) is 8.70. The number of hydrogen-bond donors (Lipinski definition) is 2. The number of nitrogens with zero attached hydrogens (tertiary/aromatic N) is 2. The summed E-state index contributed by atoms with van der Waals surface area (Å²) < 4.78 is 19.7. The van der Waals surface area contributed by atoms with Crippen molar-refractivity contribution in [2.75, 3.05) is 13.1 Å². The standard InChI is InChI=1S/C24H31FN4O2/c1-24(2,3)31-23(30)28-27-22(20-11-7-8-12-21(20)25)26-19-13-15-29(16-14-19)17-18-9-5-4-6-10-18/h4-12,19H,13-17H2,1-3H3,(H,26,27)(H,28,30). The number of aliphatic imine (C=N–C) groups is 1. The van der Waals surface area contributed by atoms with E-state index in [2.05, 4.69) is 40.0 Å². The van der Waals surface area contributed by atoms with E-state index < -0.39 is 17.5 Å². The molecule has 0 radical (unpaired) electrons. The number of piperidine rings is 1. The number of ether oxygens (including phenoxy) is 1. The van der Waals surface area contributed by atoms with Crippen LogP contribution in [0.5, 0.6) is 0 Å². The fraction of sp³-hybridized carbons (Fsp3) is 0.417. The summed E-state index contributed by atoms with van der Waals surface area (Å²) in [4.78, 5) is 19.2. The number of nitrogens with one attached hydrogen (secondary N) is 2. The summed E-state index contributed by atoms with van der Waals surface area (Å²) in [5, 5.41) is 0. The minimum absolute atomic E-state index is 0.0366. The molecular formula is C24H31FN4O2. The van der Waals surface area contributed by atoms with Gasteiger partial charge in [0.05, 0.1) is 11.6 Å². The van der Waals surface area contributed by atoms with E-state index in [1.807, 2.05) is 6.07 Å². The van der Waals surface area contributed by atoms with Gasteiger partial charge in [0.2, 0.25) is 0 Å². The van der Waals surface area contributed by atoms with Gasteiger partial charge in [0.15, 0.2) is 0 Å². The van der Waals surface area contributed by atoms with Crippen LogP contribution in [0.1, 0.15) is 44.7 Å². The molecule has 0 unspecified atom stereocenters. The Labute approximate surface area is 183 Å². The third-order valence-corrected chi connectivity index (χ3v) is 4.93. The van der Waals surface area contributed by atoms with E-state index in [4.69, 9.17) is 9.73 Å². The average Bonchev–Trinajstić information content (AvgIpc) is 2.72. The third kappa shape index (κ3) is 7.36. The zero-order chi connectivity index (χ0) is 22.3. The van der Waals surface area contributed by atoms with Gasteiger partial charge in [0, 0.05) is 19.6 Å². The minimum Gasteiger partial charge on any atom is -0.443 e. The lowest BCUT2D eigenvalue weighted by molar-refractivity contribution is 0.0513. The van der Waals surface area contributed by atoms with Crippen molar-refractivity contribution in [3.8, 4) is 0 Å². The maximum Gasteiger partial charge on any atom is 0.426 e. The van der Waals surface area contributed by atoms with Gasteiger partial charge in [0.1, 0.15) is 17.3 Å². The maximum absolute atomic E-state index is 14.4. The molecule has 1 heterocycles. The number of likely N-dealkylation sites (tertiary alicyclic amines) is 1. The predicted molar refractivity (Wildman–Crippen MR) is 120 cm³/mol. The van der Waals surface area contributed by atoms with E-state index in [9.17, 15) is 9.18 Å². The van der Waals surface area contributed by atoms with Crippen LogP contribution in [0.4, 0.5) is 9.18 Å². The van der Waals surface area contributed by atoms with Crippen molar-refractivity contribution in [1.29, 1.82) is 0 Å². The van der Waals surface area contributed by atoms with E-state index in [1.165, 1.54) is 11.6 Å². The van der Waals surface area contributed by atoms with Gasteiger partial charge >= 0.3 is 6.09 Å². The number of amides is 1. The number of rotatable bonds is 4. The Morgan fingerprint density at radius 2 is 1.71 bits per heavy atom. The first-order chi connectivity index (χ1) is 14.8.